The summed E-state index contributed by atoms with van der Waals surface area (Å²) in [6.45, 7) is 0.417. The average Bonchev–Trinajstić information content (AvgIpc) is 3.12. The van der Waals surface area contributed by atoms with Crippen molar-refractivity contribution < 1.29 is 9.59 Å². The van der Waals surface area contributed by atoms with E-state index in [2.05, 4.69) is 35.6 Å². The largest absolute Gasteiger partial charge is 0.326 e. The van der Waals surface area contributed by atoms with Crippen LogP contribution in [0.2, 0.25) is 0 Å². The second-order valence-corrected chi connectivity index (χ2v) is 9.76. The van der Waals surface area contributed by atoms with Crippen molar-refractivity contribution in [2.24, 2.45) is 0 Å². The van der Waals surface area contributed by atoms with E-state index in [0.717, 1.165) is 32.8 Å². The van der Waals surface area contributed by atoms with Gasteiger partial charge in [0.1, 0.15) is 4.32 Å². The number of carbonyl (C=O) groups excluding carboxylic acids is 2. The number of hydrogen-bond donors (Lipinski definition) is 1. The Morgan fingerprint density at radius 1 is 0.912 bits per heavy atom. The Morgan fingerprint density at radius 2 is 1.53 bits per heavy atom. The van der Waals surface area contributed by atoms with Gasteiger partial charge < -0.3 is 5.32 Å². The van der Waals surface area contributed by atoms with Crippen molar-refractivity contribution in [2.45, 2.75) is 12.8 Å². The Labute approximate surface area is 207 Å². The molecule has 0 radical (unpaired) electrons. The van der Waals surface area contributed by atoms with Crippen LogP contribution in [0.5, 0.6) is 0 Å². The number of carbonyl (C=O) groups is 2. The lowest BCUT2D eigenvalue weighted by molar-refractivity contribution is -0.122. The molecule has 4 nitrogen and oxygen atoms in total. The molecule has 1 saturated heterocycles. The van der Waals surface area contributed by atoms with Crippen LogP contribution >= 0.6 is 24.0 Å². The molecule has 1 heterocycles. The second-order valence-electron chi connectivity index (χ2n) is 8.08. The lowest BCUT2D eigenvalue weighted by Gasteiger charge is -2.14. The van der Waals surface area contributed by atoms with E-state index in [1.165, 1.54) is 11.8 Å². The standard InChI is InChI=1S/C28H22N2O2S2/c31-26(29-21-11-2-1-3-12-21)15-8-16-30-27(32)25(34-28(30)33)18-24-22-13-6-4-9-19(22)17-20-10-5-7-14-23(20)24/h1-7,9-14,17-18H,8,15-16H2,(H,29,31)/b25-18-. The number of hydrogen-bond acceptors (Lipinski definition) is 4. The monoisotopic (exact) mass is 482 g/mol. The molecule has 0 aromatic heterocycles. The van der Waals surface area contributed by atoms with Gasteiger partial charge in [0.15, 0.2) is 0 Å². The Morgan fingerprint density at radius 3 is 2.21 bits per heavy atom. The maximum Gasteiger partial charge on any atom is 0.266 e. The fourth-order valence-electron chi connectivity index (χ4n) is 4.17. The highest BCUT2D eigenvalue weighted by Crippen LogP contribution is 2.36. The summed E-state index contributed by atoms with van der Waals surface area (Å²) >= 11 is 6.84. The number of nitrogens with one attached hydrogen (secondary N) is 1. The molecular formula is C28H22N2O2S2. The molecule has 1 fully saturated rings. The molecule has 0 atom stereocenters. The summed E-state index contributed by atoms with van der Waals surface area (Å²) in [5.74, 6) is -0.176. The van der Waals surface area contributed by atoms with Crippen LogP contribution in [0, 0.1) is 0 Å². The number of fused-ring (bicyclic) bond motifs is 2. The molecule has 1 aliphatic rings. The van der Waals surface area contributed by atoms with Crippen LogP contribution in [0.4, 0.5) is 5.69 Å². The molecular weight excluding hydrogens is 460 g/mol. The van der Waals surface area contributed by atoms with Crippen LogP contribution < -0.4 is 5.32 Å². The maximum atomic E-state index is 13.2. The first-order chi connectivity index (χ1) is 16.6. The zero-order valence-corrected chi connectivity index (χ0v) is 20.0. The highest BCUT2D eigenvalue weighted by molar-refractivity contribution is 8.26. The first-order valence-electron chi connectivity index (χ1n) is 11.1. The van der Waals surface area contributed by atoms with Crippen LogP contribution in [0.1, 0.15) is 18.4 Å². The molecule has 0 unspecified atom stereocenters. The van der Waals surface area contributed by atoms with Crippen LogP contribution in [-0.4, -0.2) is 27.6 Å². The van der Waals surface area contributed by atoms with Crippen LogP contribution in [0.15, 0.2) is 89.8 Å². The Balaban J connectivity index is 1.34. The summed E-state index contributed by atoms with van der Waals surface area (Å²) in [5, 5.41) is 7.34. The highest BCUT2D eigenvalue weighted by atomic mass is 32.2. The van der Waals surface area contributed by atoms with Crippen molar-refractivity contribution in [3.05, 3.63) is 95.4 Å². The highest BCUT2D eigenvalue weighted by Gasteiger charge is 2.32. The number of amides is 2. The summed E-state index contributed by atoms with van der Waals surface area (Å²) in [6, 6.07) is 27.9. The van der Waals surface area contributed by atoms with Crippen molar-refractivity contribution in [3.63, 3.8) is 0 Å². The minimum Gasteiger partial charge on any atom is -0.326 e. The third kappa shape index (κ3) is 4.60. The smallest absolute Gasteiger partial charge is 0.266 e. The minimum atomic E-state index is -0.101. The number of thiocarbonyl (C=S) groups is 1. The van der Waals surface area contributed by atoms with Gasteiger partial charge in [0.25, 0.3) is 5.91 Å². The quantitative estimate of drug-likeness (QED) is 0.191. The Hall–Kier alpha value is -3.48. The lowest BCUT2D eigenvalue weighted by atomic mass is 9.96. The van der Waals surface area contributed by atoms with E-state index in [4.69, 9.17) is 12.2 Å². The molecule has 34 heavy (non-hydrogen) atoms. The van der Waals surface area contributed by atoms with Crippen molar-refractivity contribution in [1.82, 2.24) is 4.90 Å². The van der Waals surface area contributed by atoms with Gasteiger partial charge in [-0.2, -0.15) is 0 Å². The summed E-state index contributed by atoms with van der Waals surface area (Å²) < 4.78 is 0.532. The van der Waals surface area contributed by atoms with E-state index < -0.39 is 0 Å². The van der Waals surface area contributed by atoms with E-state index >= 15 is 0 Å². The Bertz CT molecular complexity index is 1390. The first kappa shape index (κ1) is 22.3. The number of thioether (sulfide) groups is 1. The van der Waals surface area contributed by atoms with E-state index in [9.17, 15) is 9.59 Å². The lowest BCUT2D eigenvalue weighted by Crippen LogP contribution is -2.29. The molecule has 0 bridgehead atoms. The fourth-order valence-corrected chi connectivity index (χ4v) is 5.46. The second kappa shape index (κ2) is 9.79. The van der Waals surface area contributed by atoms with Gasteiger partial charge in [-0.1, -0.05) is 90.7 Å². The average molecular weight is 483 g/mol. The van der Waals surface area contributed by atoms with Gasteiger partial charge in [-0.05, 0) is 57.8 Å². The molecule has 0 spiro atoms. The molecule has 5 rings (SSSR count). The fraction of sp³-hybridized carbons (Fsp3) is 0.107. The summed E-state index contributed by atoms with van der Waals surface area (Å²) in [6.07, 6.45) is 2.82. The van der Waals surface area contributed by atoms with Gasteiger partial charge in [-0.15, -0.1) is 0 Å². The maximum absolute atomic E-state index is 13.2. The Kier molecular flexibility index (Phi) is 6.43. The van der Waals surface area contributed by atoms with Crippen LogP contribution in [0.25, 0.3) is 27.6 Å². The molecule has 6 heteroatoms. The molecule has 1 N–H and O–H groups in total. The molecule has 0 aliphatic carbocycles. The molecule has 168 valence electrons. The van der Waals surface area contributed by atoms with Crippen molar-refractivity contribution in [3.8, 4) is 0 Å². The van der Waals surface area contributed by atoms with Crippen molar-refractivity contribution in [2.75, 3.05) is 11.9 Å². The van der Waals surface area contributed by atoms with Gasteiger partial charge in [-0.3, -0.25) is 14.5 Å². The van der Waals surface area contributed by atoms with Crippen molar-refractivity contribution >= 4 is 73.4 Å². The number of anilines is 1. The predicted molar refractivity (Wildman–Crippen MR) is 146 cm³/mol. The van der Waals surface area contributed by atoms with Crippen molar-refractivity contribution in [1.29, 1.82) is 0 Å². The third-order valence-corrected chi connectivity index (χ3v) is 7.18. The van der Waals surface area contributed by atoms with Crippen LogP contribution in [-0.2, 0) is 9.59 Å². The molecule has 4 aromatic rings. The van der Waals surface area contributed by atoms with Gasteiger partial charge in [0, 0.05) is 18.7 Å². The summed E-state index contributed by atoms with van der Waals surface area (Å²) in [5.41, 5.74) is 1.79. The number of para-hydroxylation sites is 1. The van der Waals surface area contributed by atoms with Gasteiger partial charge in [-0.25, -0.2) is 0 Å². The third-order valence-electron chi connectivity index (χ3n) is 5.81. The zero-order valence-electron chi connectivity index (χ0n) is 18.4. The van der Waals surface area contributed by atoms with E-state index in [1.807, 2.05) is 60.7 Å². The van der Waals surface area contributed by atoms with E-state index in [1.54, 1.807) is 4.90 Å². The number of nitrogens with zero attached hydrogens (tertiary/aromatic N) is 1. The minimum absolute atomic E-state index is 0.0746. The SMILES string of the molecule is O=C(CCCN1C(=O)/C(=C/c2c3ccccc3cc3ccccc23)SC1=S)Nc1ccccc1. The molecule has 0 saturated carbocycles. The van der Waals surface area contributed by atoms with E-state index in [-0.39, 0.29) is 11.8 Å². The topological polar surface area (TPSA) is 49.4 Å². The normalized spacial score (nSPS) is 14.9. The predicted octanol–water partition coefficient (Wildman–Crippen LogP) is 6.61. The van der Waals surface area contributed by atoms with Crippen LogP contribution in [0.3, 0.4) is 0 Å². The van der Waals surface area contributed by atoms with E-state index in [0.29, 0.717) is 28.6 Å². The number of rotatable bonds is 6. The molecule has 2 amide bonds. The van der Waals surface area contributed by atoms with Gasteiger partial charge in [0.2, 0.25) is 5.91 Å². The number of benzene rings is 4. The van der Waals surface area contributed by atoms with Gasteiger partial charge in [0.05, 0.1) is 4.91 Å². The van der Waals surface area contributed by atoms with Gasteiger partial charge >= 0.3 is 0 Å². The first-order valence-corrected chi connectivity index (χ1v) is 12.3. The molecule has 4 aromatic carbocycles. The zero-order chi connectivity index (χ0) is 23.5. The summed E-state index contributed by atoms with van der Waals surface area (Å²) in [7, 11) is 0. The summed E-state index contributed by atoms with van der Waals surface area (Å²) in [4.78, 5) is 27.7. The molecule has 1 aliphatic heterocycles.